The summed E-state index contributed by atoms with van der Waals surface area (Å²) in [5.41, 5.74) is 1.03. The number of hydrogen-bond acceptors (Lipinski definition) is 3. The van der Waals surface area contributed by atoms with Crippen molar-refractivity contribution in [3.63, 3.8) is 0 Å². The highest BCUT2D eigenvalue weighted by Crippen LogP contribution is 2.24. The van der Waals surface area contributed by atoms with E-state index < -0.39 is 6.61 Å². The van der Waals surface area contributed by atoms with Gasteiger partial charge in [0.25, 0.3) is 0 Å². The zero-order valence-corrected chi connectivity index (χ0v) is 10.3. The molecule has 1 aromatic carbocycles. The SMILES string of the molecule is CNCCC(=O)Nc1ccc(C)c(OC(F)F)c1. The Labute approximate surface area is 104 Å². The number of hydrogen-bond donors (Lipinski definition) is 2. The van der Waals surface area contributed by atoms with Gasteiger partial charge in [0, 0.05) is 24.7 Å². The summed E-state index contributed by atoms with van der Waals surface area (Å²) in [6, 6.07) is 4.65. The third-order valence-corrected chi connectivity index (χ3v) is 2.29. The van der Waals surface area contributed by atoms with Crippen LogP contribution in [-0.2, 0) is 4.79 Å². The van der Waals surface area contributed by atoms with Gasteiger partial charge in [-0.05, 0) is 25.6 Å². The molecule has 0 bridgehead atoms. The lowest BCUT2D eigenvalue weighted by molar-refractivity contribution is -0.116. The molecule has 0 aliphatic heterocycles. The van der Waals surface area contributed by atoms with Crippen LogP contribution >= 0.6 is 0 Å². The molecule has 0 aliphatic carbocycles. The molecule has 0 saturated carbocycles. The van der Waals surface area contributed by atoms with E-state index in [1.54, 1.807) is 26.1 Å². The van der Waals surface area contributed by atoms with E-state index in [1.807, 2.05) is 0 Å². The van der Waals surface area contributed by atoms with Crippen LogP contribution in [0.1, 0.15) is 12.0 Å². The number of aryl methyl sites for hydroxylation is 1. The molecule has 0 aromatic heterocycles. The molecule has 0 atom stereocenters. The molecule has 1 amide bonds. The largest absolute Gasteiger partial charge is 0.434 e. The van der Waals surface area contributed by atoms with Crippen LogP contribution < -0.4 is 15.4 Å². The van der Waals surface area contributed by atoms with E-state index in [-0.39, 0.29) is 11.7 Å². The number of alkyl halides is 2. The predicted octanol–water partition coefficient (Wildman–Crippen LogP) is 2.14. The molecular weight excluding hydrogens is 242 g/mol. The van der Waals surface area contributed by atoms with Crippen LogP contribution in [0.2, 0.25) is 0 Å². The molecule has 0 unspecified atom stereocenters. The Balaban J connectivity index is 2.69. The molecule has 4 nitrogen and oxygen atoms in total. The Bertz CT molecular complexity index is 411. The van der Waals surface area contributed by atoms with Gasteiger partial charge in [0.1, 0.15) is 5.75 Å². The summed E-state index contributed by atoms with van der Waals surface area (Å²) in [4.78, 5) is 11.4. The van der Waals surface area contributed by atoms with Gasteiger partial charge in [-0.3, -0.25) is 4.79 Å². The maximum absolute atomic E-state index is 12.1. The number of rotatable bonds is 6. The second kappa shape index (κ2) is 6.90. The first-order valence-electron chi connectivity index (χ1n) is 5.53. The fraction of sp³-hybridized carbons (Fsp3) is 0.417. The quantitative estimate of drug-likeness (QED) is 0.822. The van der Waals surface area contributed by atoms with Gasteiger partial charge in [0.15, 0.2) is 0 Å². The molecule has 0 radical (unpaired) electrons. The van der Waals surface area contributed by atoms with E-state index in [0.29, 0.717) is 24.2 Å². The van der Waals surface area contributed by atoms with Crippen LogP contribution in [-0.4, -0.2) is 26.1 Å². The average molecular weight is 258 g/mol. The average Bonchev–Trinajstić information content (AvgIpc) is 2.30. The molecule has 1 rings (SSSR count). The fourth-order valence-corrected chi connectivity index (χ4v) is 1.36. The van der Waals surface area contributed by atoms with Crippen molar-refractivity contribution in [1.29, 1.82) is 0 Å². The Hall–Kier alpha value is -1.69. The molecule has 18 heavy (non-hydrogen) atoms. The van der Waals surface area contributed by atoms with Crippen LogP contribution in [0.5, 0.6) is 5.75 Å². The van der Waals surface area contributed by atoms with E-state index in [1.165, 1.54) is 6.07 Å². The lowest BCUT2D eigenvalue weighted by Gasteiger charge is -2.11. The van der Waals surface area contributed by atoms with Crippen LogP contribution in [0.4, 0.5) is 14.5 Å². The summed E-state index contributed by atoms with van der Waals surface area (Å²) in [6.45, 7) is -0.665. The van der Waals surface area contributed by atoms with E-state index in [9.17, 15) is 13.6 Å². The molecule has 0 heterocycles. The maximum atomic E-state index is 12.1. The zero-order chi connectivity index (χ0) is 13.5. The smallest absolute Gasteiger partial charge is 0.387 e. The number of anilines is 1. The Kier molecular flexibility index (Phi) is 5.51. The number of benzene rings is 1. The van der Waals surface area contributed by atoms with Gasteiger partial charge in [-0.2, -0.15) is 8.78 Å². The minimum atomic E-state index is -2.88. The molecule has 100 valence electrons. The summed E-state index contributed by atoms with van der Waals surface area (Å²) in [5.74, 6) is -0.118. The number of carbonyl (C=O) groups is 1. The highest BCUT2D eigenvalue weighted by atomic mass is 19.3. The predicted molar refractivity (Wildman–Crippen MR) is 65.0 cm³/mol. The van der Waals surface area contributed by atoms with Gasteiger partial charge in [-0.25, -0.2) is 0 Å². The van der Waals surface area contributed by atoms with E-state index >= 15 is 0 Å². The Morgan fingerprint density at radius 3 is 2.78 bits per heavy atom. The normalized spacial score (nSPS) is 10.5. The highest BCUT2D eigenvalue weighted by Gasteiger charge is 2.09. The number of nitrogens with one attached hydrogen (secondary N) is 2. The third-order valence-electron chi connectivity index (χ3n) is 2.29. The monoisotopic (exact) mass is 258 g/mol. The van der Waals surface area contributed by atoms with Crippen molar-refractivity contribution in [3.8, 4) is 5.75 Å². The van der Waals surface area contributed by atoms with Crippen molar-refractivity contribution in [3.05, 3.63) is 23.8 Å². The molecule has 0 saturated heterocycles. The van der Waals surface area contributed by atoms with Crippen molar-refractivity contribution in [1.82, 2.24) is 5.32 Å². The van der Waals surface area contributed by atoms with Gasteiger partial charge in [0.2, 0.25) is 5.91 Å². The second-order valence-corrected chi connectivity index (χ2v) is 3.76. The minimum absolute atomic E-state index is 0.0661. The first-order chi connectivity index (χ1) is 8.52. The van der Waals surface area contributed by atoms with Crippen molar-refractivity contribution in [2.45, 2.75) is 20.0 Å². The standard InChI is InChI=1S/C12H16F2N2O2/c1-8-3-4-9(7-10(8)18-12(13)14)16-11(17)5-6-15-2/h3-4,7,12,15H,5-6H2,1-2H3,(H,16,17). The van der Waals surface area contributed by atoms with E-state index in [0.717, 1.165) is 0 Å². The molecule has 0 fully saturated rings. The molecule has 0 spiro atoms. The van der Waals surface area contributed by atoms with E-state index in [4.69, 9.17) is 0 Å². The van der Waals surface area contributed by atoms with Crippen LogP contribution in [0, 0.1) is 6.92 Å². The third kappa shape index (κ3) is 4.67. The molecule has 1 aromatic rings. The number of ether oxygens (including phenoxy) is 1. The fourth-order valence-electron chi connectivity index (χ4n) is 1.36. The first-order valence-corrected chi connectivity index (χ1v) is 5.53. The highest BCUT2D eigenvalue weighted by molar-refractivity contribution is 5.91. The van der Waals surface area contributed by atoms with Crippen molar-refractivity contribution >= 4 is 11.6 Å². The van der Waals surface area contributed by atoms with Gasteiger partial charge in [0.05, 0.1) is 0 Å². The van der Waals surface area contributed by atoms with Crippen LogP contribution in [0.3, 0.4) is 0 Å². The number of amides is 1. The zero-order valence-electron chi connectivity index (χ0n) is 10.3. The van der Waals surface area contributed by atoms with Gasteiger partial charge in [-0.1, -0.05) is 6.07 Å². The van der Waals surface area contributed by atoms with Crippen molar-refractivity contribution < 1.29 is 18.3 Å². The molecule has 2 N–H and O–H groups in total. The summed E-state index contributed by atoms with van der Waals surface area (Å²) in [6.07, 6.45) is 0.315. The molecule has 0 aliphatic rings. The van der Waals surface area contributed by atoms with Crippen molar-refractivity contribution in [2.24, 2.45) is 0 Å². The second-order valence-electron chi connectivity index (χ2n) is 3.76. The van der Waals surface area contributed by atoms with Crippen molar-refractivity contribution in [2.75, 3.05) is 18.9 Å². The van der Waals surface area contributed by atoms with Gasteiger partial charge in [-0.15, -0.1) is 0 Å². The van der Waals surface area contributed by atoms with Crippen LogP contribution in [0.15, 0.2) is 18.2 Å². The van der Waals surface area contributed by atoms with Gasteiger partial charge < -0.3 is 15.4 Å². The van der Waals surface area contributed by atoms with E-state index in [2.05, 4.69) is 15.4 Å². The number of halogens is 2. The number of carbonyl (C=O) groups excluding carboxylic acids is 1. The first kappa shape index (κ1) is 14.4. The summed E-state index contributed by atoms with van der Waals surface area (Å²) in [7, 11) is 1.74. The summed E-state index contributed by atoms with van der Waals surface area (Å²) in [5, 5.41) is 5.46. The van der Waals surface area contributed by atoms with Crippen LogP contribution in [0.25, 0.3) is 0 Å². The Morgan fingerprint density at radius 1 is 1.44 bits per heavy atom. The summed E-state index contributed by atoms with van der Waals surface area (Å²) < 4.78 is 28.6. The molecule has 6 heteroatoms. The van der Waals surface area contributed by atoms with Gasteiger partial charge >= 0.3 is 6.61 Å². The summed E-state index contributed by atoms with van der Waals surface area (Å²) >= 11 is 0. The Morgan fingerprint density at radius 2 is 2.17 bits per heavy atom. The maximum Gasteiger partial charge on any atom is 0.387 e. The minimum Gasteiger partial charge on any atom is -0.434 e. The lowest BCUT2D eigenvalue weighted by Crippen LogP contribution is -2.18. The topological polar surface area (TPSA) is 50.4 Å². The lowest BCUT2D eigenvalue weighted by atomic mass is 10.2. The molecular formula is C12H16F2N2O2.